The number of hydrogen-bond donors (Lipinski definition) is 2. The molecular weight excluding hydrogens is 300 g/mol. The number of nitrogens with zero attached hydrogens (tertiary/aromatic N) is 2. The van der Waals surface area contributed by atoms with Gasteiger partial charge in [-0.05, 0) is 36.8 Å². The molecule has 1 aliphatic carbocycles. The molecule has 3 rings (SSSR count). The Morgan fingerprint density at radius 3 is 2.54 bits per heavy atom. The lowest BCUT2D eigenvalue weighted by atomic mass is 9.86. The Bertz CT molecular complexity index is 760. The van der Waals surface area contributed by atoms with E-state index in [-0.39, 0.29) is 11.3 Å². The summed E-state index contributed by atoms with van der Waals surface area (Å²) in [4.78, 5) is 21.3. The van der Waals surface area contributed by atoms with Crippen molar-refractivity contribution in [3.05, 3.63) is 47.4 Å². The maximum atomic E-state index is 12.7. The van der Waals surface area contributed by atoms with Crippen molar-refractivity contribution in [1.82, 2.24) is 9.97 Å². The molecule has 0 radical (unpaired) electrons. The van der Waals surface area contributed by atoms with Crippen LogP contribution >= 0.6 is 0 Å². The number of benzene rings is 1. The molecule has 126 valence electrons. The Morgan fingerprint density at radius 2 is 1.88 bits per heavy atom. The normalized spacial score (nSPS) is 14.3. The molecule has 0 spiro atoms. The Morgan fingerprint density at radius 1 is 1.17 bits per heavy atom. The van der Waals surface area contributed by atoms with Crippen LogP contribution in [0, 0.1) is 6.92 Å². The molecule has 1 aromatic carbocycles. The third-order valence-electron chi connectivity index (χ3n) is 3.98. The number of hydrogen-bond acceptors (Lipinski definition) is 4. The summed E-state index contributed by atoms with van der Waals surface area (Å²) in [6.45, 7) is 8.19. The first-order chi connectivity index (χ1) is 11.3. The van der Waals surface area contributed by atoms with Crippen LogP contribution in [0.2, 0.25) is 0 Å². The van der Waals surface area contributed by atoms with Gasteiger partial charge in [0.15, 0.2) is 0 Å². The molecule has 5 heteroatoms. The SMILES string of the molecule is Cc1nc(NC2CC2)cc(C(=O)Nc2ccccc2C(C)(C)C)n1. The lowest BCUT2D eigenvalue weighted by molar-refractivity contribution is 0.102. The molecule has 2 aromatic rings. The van der Waals surface area contributed by atoms with Crippen LogP contribution in [0.15, 0.2) is 30.3 Å². The zero-order valence-corrected chi connectivity index (χ0v) is 14.7. The summed E-state index contributed by atoms with van der Waals surface area (Å²) < 4.78 is 0. The maximum Gasteiger partial charge on any atom is 0.274 e. The van der Waals surface area contributed by atoms with Gasteiger partial charge in [0, 0.05) is 17.8 Å². The van der Waals surface area contributed by atoms with Crippen LogP contribution in [0.1, 0.15) is 55.5 Å². The molecule has 0 atom stereocenters. The molecule has 1 amide bonds. The van der Waals surface area contributed by atoms with Crippen LogP contribution in [0.4, 0.5) is 11.5 Å². The summed E-state index contributed by atoms with van der Waals surface area (Å²) in [5.74, 6) is 1.10. The molecular formula is C19H24N4O. The van der Waals surface area contributed by atoms with E-state index in [0.29, 0.717) is 17.6 Å². The number of para-hydroxylation sites is 1. The molecule has 0 saturated heterocycles. The van der Waals surface area contributed by atoms with E-state index < -0.39 is 0 Å². The summed E-state index contributed by atoms with van der Waals surface area (Å²) in [6.07, 6.45) is 2.31. The zero-order valence-electron chi connectivity index (χ0n) is 14.7. The molecule has 0 aliphatic heterocycles. The van der Waals surface area contributed by atoms with Gasteiger partial charge in [-0.15, -0.1) is 0 Å². The quantitative estimate of drug-likeness (QED) is 0.895. The van der Waals surface area contributed by atoms with Gasteiger partial charge in [-0.25, -0.2) is 9.97 Å². The van der Waals surface area contributed by atoms with Gasteiger partial charge in [-0.1, -0.05) is 39.0 Å². The molecule has 0 bridgehead atoms. The zero-order chi connectivity index (χ0) is 17.3. The lowest BCUT2D eigenvalue weighted by Gasteiger charge is -2.23. The van der Waals surface area contributed by atoms with Crippen molar-refractivity contribution in [3.8, 4) is 0 Å². The fourth-order valence-electron chi connectivity index (χ4n) is 2.63. The first kappa shape index (κ1) is 16.4. The van der Waals surface area contributed by atoms with E-state index in [2.05, 4.69) is 41.4 Å². The molecule has 0 unspecified atom stereocenters. The van der Waals surface area contributed by atoms with Gasteiger partial charge < -0.3 is 10.6 Å². The fraction of sp³-hybridized carbons (Fsp3) is 0.421. The summed E-state index contributed by atoms with van der Waals surface area (Å²) in [7, 11) is 0. The minimum Gasteiger partial charge on any atom is -0.367 e. The predicted octanol–water partition coefficient (Wildman–Crippen LogP) is 3.91. The molecule has 1 saturated carbocycles. The summed E-state index contributed by atoms with van der Waals surface area (Å²) in [6, 6.07) is 10.1. The van der Waals surface area contributed by atoms with Crippen molar-refractivity contribution in [2.24, 2.45) is 0 Å². The van der Waals surface area contributed by atoms with Gasteiger partial charge in [-0.3, -0.25) is 4.79 Å². The molecule has 1 fully saturated rings. The predicted molar refractivity (Wildman–Crippen MR) is 96.5 cm³/mol. The second-order valence-electron chi connectivity index (χ2n) is 7.35. The van der Waals surface area contributed by atoms with Gasteiger partial charge >= 0.3 is 0 Å². The molecule has 2 N–H and O–H groups in total. The number of rotatable bonds is 4. The molecule has 5 nitrogen and oxygen atoms in total. The van der Waals surface area contributed by atoms with Crippen molar-refractivity contribution >= 4 is 17.4 Å². The maximum absolute atomic E-state index is 12.7. The Balaban J connectivity index is 1.84. The largest absolute Gasteiger partial charge is 0.367 e. The highest BCUT2D eigenvalue weighted by Gasteiger charge is 2.23. The highest BCUT2D eigenvalue weighted by atomic mass is 16.1. The van der Waals surface area contributed by atoms with Gasteiger partial charge in [-0.2, -0.15) is 0 Å². The second kappa shape index (κ2) is 6.23. The van der Waals surface area contributed by atoms with Crippen molar-refractivity contribution in [3.63, 3.8) is 0 Å². The molecule has 1 aromatic heterocycles. The van der Waals surface area contributed by atoms with Crippen LogP contribution in [-0.4, -0.2) is 21.9 Å². The Hall–Kier alpha value is -2.43. The van der Waals surface area contributed by atoms with Crippen molar-refractivity contribution in [2.75, 3.05) is 10.6 Å². The standard InChI is InChI=1S/C19H24N4O/c1-12-20-16(11-17(21-12)22-13-9-10-13)18(24)23-15-8-6-5-7-14(15)19(2,3)4/h5-8,11,13H,9-10H2,1-4H3,(H,23,24)(H,20,21,22). The first-order valence-corrected chi connectivity index (χ1v) is 8.36. The van der Waals surface area contributed by atoms with Crippen LogP contribution in [0.5, 0.6) is 0 Å². The highest BCUT2D eigenvalue weighted by Crippen LogP contribution is 2.29. The number of carbonyl (C=O) groups is 1. The first-order valence-electron chi connectivity index (χ1n) is 8.36. The van der Waals surface area contributed by atoms with Crippen LogP contribution in [0.3, 0.4) is 0 Å². The van der Waals surface area contributed by atoms with Crippen LogP contribution in [0.25, 0.3) is 0 Å². The van der Waals surface area contributed by atoms with E-state index in [4.69, 9.17) is 0 Å². The number of nitrogens with one attached hydrogen (secondary N) is 2. The summed E-state index contributed by atoms with van der Waals surface area (Å²) >= 11 is 0. The number of carbonyl (C=O) groups excluding carboxylic acids is 1. The van der Waals surface area contributed by atoms with Crippen LogP contribution < -0.4 is 10.6 Å². The third kappa shape index (κ3) is 3.91. The van der Waals surface area contributed by atoms with E-state index in [1.165, 1.54) is 0 Å². The number of aromatic nitrogens is 2. The smallest absolute Gasteiger partial charge is 0.274 e. The van der Waals surface area contributed by atoms with Crippen molar-refractivity contribution in [1.29, 1.82) is 0 Å². The van der Waals surface area contributed by atoms with Crippen LogP contribution in [-0.2, 0) is 5.41 Å². The molecule has 1 aliphatic rings. The van der Waals surface area contributed by atoms with E-state index >= 15 is 0 Å². The molecule has 1 heterocycles. The summed E-state index contributed by atoms with van der Waals surface area (Å²) in [5, 5.41) is 6.32. The topological polar surface area (TPSA) is 66.9 Å². The van der Waals surface area contributed by atoms with E-state index in [1.807, 2.05) is 24.3 Å². The fourth-order valence-corrected chi connectivity index (χ4v) is 2.63. The molecule has 24 heavy (non-hydrogen) atoms. The van der Waals surface area contributed by atoms with E-state index in [1.54, 1.807) is 13.0 Å². The minimum absolute atomic E-state index is 0.0514. The van der Waals surface area contributed by atoms with Gasteiger partial charge in [0.05, 0.1) is 0 Å². The van der Waals surface area contributed by atoms with E-state index in [0.717, 1.165) is 29.9 Å². The van der Waals surface area contributed by atoms with Gasteiger partial charge in [0.1, 0.15) is 17.3 Å². The second-order valence-corrected chi connectivity index (χ2v) is 7.35. The lowest BCUT2D eigenvalue weighted by Crippen LogP contribution is -2.20. The monoisotopic (exact) mass is 324 g/mol. The van der Waals surface area contributed by atoms with Gasteiger partial charge in [0.2, 0.25) is 0 Å². The summed E-state index contributed by atoms with van der Waals surface area (Å²) in [5.41, 5.74) is 2.25. The number of aryl methyl sites for hydroxylation is 1. The van der Waals surface area contributed by atoms with Crippen molar-refractivity contribution < 1.29 is 4.79 Å². The number of anilines is 2. The average molecular weight is 324 g/mol. The third-order valence-corrected chi connectivity index (χ3v) is 3.98. The average Bonchev–Trinajstić information content (AvgIpc) is 3.30. The minimum atomic E-state index is -0.212. The Kier molecular flexibility index (Phi) is 4.26. The Labute approximate surface area is 142 Å². The van der Waals surface area contributed by atoms with Gasteiger partial charge in [0.25, 0.3) is 5.91 Å². The van der Waals surface area contributed by atoms with Crippen molar-refractivity contribution in [2.45, 2.75) is 52.0 Å². The highest BCUT2D eigenvalue weighted by molar-refractivity contribution is 6.03. The van der Waals surface area contributed by atoms with E-state index in [9.17, 15) is 4.79 Å². The number of amides is 1.